The molecule has 258 valence electrons. The topological polar surface area (TPSA) is 213 Å². The molecule has 50 heavy (non-hydrogen) atoms. The number of hydrogen-bond donors (Lipinski definition) is 3. The van der Waals surface area contributed by atoms with Gasteiger partial charge in [-0.1, -0.05) is 31.0 Å². The van der Waals surface area contributed by atoms with E-state index in [-0.39, 0.29) is 84.6 Å². The molecule has 6 rings (SSSR count). The normalized spacial score (nSPS) is 20.2. The van der Waals surface area contributed by atoms with E-state index < -0.39 is 59.3 Å². The molecule has 2 saturated heterocycles. The minimum Gasteiger partial charge on any atom is -0.325 e. The van der Waals surface area contributed by atoms with E-state index in [1.165, 1.54) is 24.3 Å². The maximum Gasteiger partial charge on any atom is 0.264 e. The standard InChI is InChI=1S/C35H33N5O10/c41-19(17-18-7-5-9-20-28(18)34(49)39(32(20)47)23-13-15-26(43)37-30(23)45)8-3-1-2-4-12-25(42)36-22-11-6-10-21-29(22)35(50)40(33(21)48)24-14-16-27(44)38-31(24)46/h5-7,9-11,23-24H,1-4,8,12-17H2,(H,36,42)(H,37,43,45)(H,38,44,46). The Hall–Kier alpha value is -5.86. The molecule has 0 aliphatic carbocycles. The average molecular weight is 684 g/mol. The number of hydrogen-bond acceptors (Lipinski definition) is 10. The van der Waals surface area contributed by atoms with Gasteiger partial charge in [-0.15, -0.1) is 0 Å². The SMILES string of the molecule is O=C(CCCCCCC(=O)Nc1cccc2c1C(=O)N(C1CCC(=O)NC1=O)C2=O)Cc1cccc2c1C(=O)N(C1CCC(=O)NC1=O)C2=O. The van der Waals surface area contributed by atoms with Gasteiger partial charge in [0.15, 0.2) is 0 Å². The Labute approximate surface area is 285 Å². The monoisotopic (exact) mass is 683 g/mol. The lowest BCUT2D eigenvalue weighted by Gasteiger charge is -2.27. The van der Waals surface area contributed by atoms with Crippen LogP contribution in [-0.4, -0.2) is 80.8 Å². The summed E-state index contributed by atoms with van der Waals surface area (Å²) in [5, 5.41) is 6.99. The Morgan fingerprint density at radius 2 is 1.16 bits per heavy atom. The fourth-order valence-corrected chi connectivity index (χ4v) is 6.83. The molecule has 3 N–H and O–H groups in total. The summed E-state index contributed by atoms with van der Waals surface area (Å²) >= 11 is 0. The average Bonchev–Trinajstić information content (AvgIpc) is 3.48. The molecule has 0 spiro atoms. The van der Waals surface area contributed by atoms with Crippen LogP contribution in [0, 0.1) is 0 Å². The third-order valence-corrected chi connectivity index (χ3v) is 9.29. The van der Waals surface area contributed by atoms with Gasteiger partial charge in [0.25, 0.3) is 23.6 Å². The number of Topliss-reactive ketones (excluding diaryl/α,β-unsaturated/α-hetero) is 1. The summed E-state index contributed by atoms with van der Waals surface area (Å²) in [4.78, 5) is 128. The Morgan fingerprint density at radius 1 is 0.640 bits per heavy atom. The number of carbonyl (C=O) groups is 10. The first kappa shape index (κ1) is 34.0. The van der Waals surface area contributed by atoms with Gasteiger partial charge in [0.2, 0.25) is 29.5 Å². The molecular formula is C35H33N5O10. The molecule has 0 saturated carbocycles. The summed E-state index contributed by atoms with van der Waals surface area (Å²) in [5.41, 5.74) is 0.814. The number of benzene rings is 2. The molecule has 15 heteroatoms. The summed E-state index contributed by atoms with van der Waals surface area (Å²) in [5.74, 6) is -5.58. The first-order valence-corrected chi connectivity index (χ1v) is 16.5. The maximum atomic E-state index is 13.3. The predicted molar refractivity (Wildman–Crippen MR) is 171 cm³/mol. The van der Waals surface area contributed by atoms with E-state index in [0.29, 0.717) is 31.2 Å². The fraction of sp³-hybridized carbons (Fsp3) is 0.371. The number of unbranched alkanes of at least 4 members (excludes halogenated alkanes) is 3. The van der Waals surface area contributed by atoms with Crippen molar-refractivity contribution in [1.29, 1.82) is 0 Å². The fourth-order valence-electron chi connectivity index (χ4n) is 6.83. The highest BCUT2D eigenvalue weighted by molar-refractivity contribution is 6.26. The van der Waals surface area contributed by atoms with Crippen LogP contribution >= 0.6 is 0 Å². The number of carbonyl (C=O) groups excluding carboxylic acids is 10. The van der Waals surface area contributed by atoms with Crippen LogP contribution in [0.1, 0.15) is 111 Å². The number of nitrogens with one attached hydrogen (secondary N) is 3. The molecule has 9 amide bonds. The van der Waals surface area contributed by atoms with Crippen molar-refractivity contribution in [3.05, 3.63) is 64.2 Å². The summed E-state index contributed by atoms with van der Waals surface area (Å²) in [6.45, 7) is 0. The summed E-state index contributed by atoms with van der Waals surface area (Å²) in [7, 11) is 0. The number of piperidine rings is 2. The Balaban J connectivity index is 0.958. The predicted octanol–water partition coefficient (Wildman–Crippen LogP) is 1.58. The molecule has 0 radical (unpaired) electrons. The Kier molecular flexibility index (Phi) is 9.48. The second kappa shape index (κ2) is 13.9. The largest absolute Gasteiger partial charge is 0.325 e. The van der Waals surface area contributed by atoms with E-state index in [2.05, 4.69) is 16.0 Å². The van der Waals surface area contributed by atoms with Gasteiger partial charge >= 0.3 is 0 Å². The van der Waals surface area contributed by atoms with E-state index in [1.54, 1.807) is 12.1 Å². The number of anilines is 1. The van der Waals surface area contributed by atoms with Gasteiger partial charge < -0.3 is 5.32 Å². The van der Waals surface area contributed by atoms with Gasteiger partial charge in [0.1, 0.15) is 17.9 Å². The third kappa shape index (κ3) is 6.45. The molecule has 0 bridgehead atoms. The molecule has 4 aliphatic heterocycles. The second-order valence-corrected chi connectivity index (χ2v) is 12.6. The van der Waals surface area contributed by atoms with Crippen LogP contribution in [0.4, 0.5) is 5.69 Å². The molecule has 2 fully saturated rings. The van der Waals surface area contributed by atoms with Gasteiger partial charge in [-0.3, -0.25) is 68.4 Å². The van der Waals surface area contributed by atoms with Gasteiger partial charge in [-0.05, 0) is 49.4 Å². The van der Waals surface area contributed by atoms with Crippen LogP contribution < -0.4 is 16.0 Å². The van der Waals surface area contributed by atoms with Gasteiger partial charge in [0.05, 0.1) is 27.9 Å². The highest BCUT2D eigenvalue weighted by Gasteiger charge is 2.47. The molecular weight excluding hydrogens is 650 g/mol. The molecule has 2 atom stereocenters. The summed E-state index contributed by atoms with van der Waals surface area (Å²) in [6, 6.07) is 6.91. The van der Waals surface area contributed by atoms with Crippen molar-refractivity contribution in [2.24, 2.45) is 0 Å². The van der Waals surface area contributed by atoms with Crippen LogP contribution in [0.15, 0.2) is 36.4 Å². The Bertz CT molecular complexity index is 1770. The number of nitrogens with zero attached hydrogens (tertiary/aromatic N) is 2. The lowest BCUT2D eigenvalue weighted by atomic mass is 9.96. The van der Waals surface area contributed by atoms with E-state index >= 15 is 0 Å². The van der Waals surface area contributed by atoms with Crippen molar-refractivity contribution < 1.29 is 47.9 Å². The quantitative estimate of drug-likeness (QED) is 0.217. The zero-order valence-electron chi connectivity index (χ0n) is 26.9. The summed E-state index contributed by atoms with van der Waals surface area (Å²) < 4.78 is 0. The zero-order chi connectivity index (χ0) is 35.7. The first-order chi connectivity index (χ1) is 24.0. The van der Waals surface area contributed by atoms with Gasteiger partial charge in [-0.25, -0.2) is 0 Å². The minimum absolute atomic E-state index is 0.00480. The summed E-state index contributed by atoms with van der Waals surface area (Å²) in [6.07, 6.45) is 2.60. The van der Waals surface area contributed by atoms with Gasteiger partial charge in [-0.2, -0.15) is 0 Å². The first-order valence-electron chi connectivity index (χ1n) is 16.5. The number of imide groups is 4. The number of fused-ring (bicyclic) bond motifs is 2. The van der Waals surface area contributed by atoms with E-state index in [9.17, 15) is 47.9 Å². The molecule has 4 heterocycles. The van der Waals surface area contributed by atoms with Crippen LogP contribution in [0.2, 0.25) is 0 Å². The van der Waals surface area contributed by atoms with Crippen molar-refractivity contribution >= 4 is 64.6 Å². The van der Waals surface area contributed by atoms with Gasteiger partial charge in [0, 0.05) is 32.1 Å². The van der Waals surface area contributed by atoms with E-state index in [0.717, 1.165) is 9.80 Å². The molecule has 2 aromatic rings. The second-order valence-electron chi connectivity index (χ2n) is 12.6. The van der Waals surface area contributed by atoms with Crippen molar-refractivity contribution in [3.63, 3.8) is 0 Å². The van der Waals surface area contributed by atoms with E-state index in [4.69, 9.17) is 0 Å². The highest BCUT2D eigenvalue weighted by atomic mass is 16.2. The van der Waals surface area contributed by atoms with Crippen LogP contribution in [0.3, 0.4) is 0 Å². The van der Waals surface area contributed by atoms with Crippen LogP contribution in [-0.2, 0) is 35.2 Å². The van der Waals surface area contributed by atoms with Crippen molar-refractivity contribution in [1.82, 2.24) is 20.4 Å². The number of amides is 9. The lowest BCUT2D eigenvalue weighted by molar-refractivity contribution is -0.137. The van der Waals surface area contributed by atoms with E-state index in [1.807, 2.05) is 0 Å². The van der Waals surface area contributed by atoms with Crippen molar-refractivity contribution in [2.75, 3.05) is 5.32 Å². The molecule has 2 aromatic carbocycles. The smallest absolute Gasteiger partial charge is 0.264 e. The maximum absolute atomic E-state index is 13.3. The minimum atomic E-state index is -1.12. The molecule has 4 aliphatic rings. The number of rotatable bonds is 12. The third-order valence-electron chi connectivity index (χ3n) is 9.29. The number of ketones is 1. The van der Waals surface area contributed by atoms with Crippen molar-refractivity contribution in [2.45, 2.75) is 82.7 Å². The molecule has 0 aromatic heterocycles. The molecule has 15 nitrogen and oxygen atoms in total. The lowest BCUT2D eigenvalue weighted by Crippen LogP contribution is -2.54. The zero-order valence-corrected chi connectivity index (χ0v) is 26.9. The highest BCUT2D eigenvalue weighted by Crippen LogP contribution is 2.33. The Morgan fingerprint density at radius 3 is 1.74 bits per heavy atom. The molecule has 2 unspecified atom stereocenters. The van der Waals surface area contributed by atoms with Crippen LogP contribution in [0.25, 0.3) is 0 Å². The van der Waals surface area contributed by atoms with Crippen molar-refractivity contribution in [3.8, 4) is 0 Å². The van der Waals surface area contributed by atoms with Crippen LogP contribution in [0.5, 0.6) is 0 Å².